The zero-order chi connectivity index (χ0) is 18.4. The summed E-state index contributed by atoms with van der Waals surface area (Å²) < 4.78 is 1.77. The molecular weight excluding hydrogens is 314 g/mol. The van der Waals surface area contributed by atoms with E-state index in [2.05, 4.69) is 34.5 Å². The molecule has 0 fully saturated rings. The highest BCUT2D eigenvalue weighted by atomic mass is 16.2. The molecule has 2 N–H and O–H groups in total. The smallest absolute Gasteiger partial charge is 0.315 e. The van der Waals surface area contributed by atoms with Crippen molar-refractivity contribution in [2.75, 3.05) is 20.6 Å². The zero-order valence-electron chi connectivity index (χ0n) is 15.7. The molecule has 0 saturated carbocycles. The third-order valence-corrected chi connectivity index (χ3v) is 4.30. The van der Waals surface area contributed by atoms with Gasteiger partial charge in [0, 0.05) is 25.4 Å². The van der Waals surface area contributed by atoms with Gasteiger partial charge in [0.2, 0.25) is 0 Å². The van der Waals surface area contributed by atoms with Crippen molar-refractivity contribution < 1.29 is 4.79 Å². The van der Waals surface area contributed by atoms with Crippen molar-refractivity contribution >= 4 is 6.03 Å². The number of aryl methyl sites for hydroxylation is 1. The molecule has 25 heavy (non-hydrogen) atoms. The number of carbonyl (C=O) groups excluding carboxylic acids is 1. The SMILES string of the molecule is CC(C)[C@H](NC(=O)NC[C@H](c1cnn(C)c1)N(C)C)c1ccccc1. The van der Waals surface area contributed by atoms with Gasteiger partial charge in [0.1, 0.15) is 0 Å². The Morgan fingerprint density at radius 1 is 1.20 bits per heavy atom. The standard InChI is InChI=1S/C19H29N5O/c1-14(2)18(15-9-7-6-8-10-15)22-19(25)20-12-17(23(3)4)16-11-21-24(5)13-16/h6-11,13-14,17-18H,12H2,1-5H3,(H2,20,22,25)/t17-,18+/m1/s1. The number of nitrogens with one attached hydrogen (secondary N) is 2. The molecule has 6 nitrogen and oxygen atoms in total. The number of urea groups is 1. The van der Waals surface area contributed by atoms with Gasteiger partial charge in [0.05, 0.1) is 18.3 Å². The van der Waals surface area contributed by atoms with Gasteiger partial charge < -0.3 is 15.5 Å². The van der Waals surface area contributed by atoms with Gasteiger partial charge in [-0.25, -0.2) is 4.79 Å². The first-order valence-electron chi connectivity index (χ1n) is 8.62. The summed E-state index contributed by atoms with van der Waals surface area (Å²) in [6.07, 6.45) is 3.82. The van der Waals surface area contributed by atoms with E-state index in [0.29, 0.717) is 12.5 Å². The Morgan fingerprint density at radius 2 is 1.88 bits per heavy atom. The molecule has 2 rings (SSSR count). The molecule has 0 unspecified atom stereocenters. The Balaban J connectivity index is 1.98. The molecule has 1 aromatic carbocycles. The number of likely N-dealkylation sites (N-methyl/N-ethyl adjacent to an activating group) is 1. The van der Waals surface area contributed by atoms with Crippen molar-refractivity contribution in [1.29, 1.82) is 0 Å². The van der Waals surface area contributed by atoms with Gasteiger partial charge in [0.25, 0.3) is 0 Å². The highest BCUT2D eigenvalue weighted by molar-refractivity contribution is 5.74. The van der Waals surface area contributed by atoms with Crippen LogP contribution in [0.25, 0.3) is 0 Å². The molecule has 2 aromatic rings. The number of aromatic nitrogens is 2. The van der Waals surface area contributed by atoms with Crippen LogP contribution < -0.4 is 10.6 Å². The molecule has 0 aliphatic heterocycles. The Kier molecular flexibility index (Phi) is 6.58. The number of rotatable bonds is 7. The predicted molar refractivity (Wildman–Crippen MR) is 100 cm³/mol. The van der Waals surface area contributed by atoms with Crippen LogP contribution in [-0.2, 0) is 7.05 Å². The van der Waals surface area contributed by atoms with Crippen LogP contribution in [0.3, 0.4) is 0 Å². The van der Waals surface area contributed by atoms with E-state index in [9.17, 15) is 4.79 Å². The quantitative estimate of drug-likeness (QED) is 0.812. The Bertz CT molecular complexity index is 665. The van der Waals surface area contributed by atoms with Crippen molar-refractivity contribution in [3.63, 3.8) is 0 Å². The molecule has 2 amide bonds. The average molecular weight is 343 g/mol. The minimum Gasteiger partial charge on any atom is -0.336 e. The molecule has 2 atom stereocenters. The van der Waals surface area contributed by atoms with Gasteiger partial charge in [-0.1, -0.05) is 44.2 Å². The average Bonchev–Trinajstić information content (AvgIpc) is 2.99. The molecule has 0 bridgehead atoms. The lowest BCUT2D eigenvalue weighted by atomic mass is 9.96. The van der Waals surface area contributed by atoms with Crippen LogP contribution in [0.2, 0.25) is 0 Å². The molecule has 0 saturated heterocycles. The normalized spacial score (nSPS) is 13.7. The summed E-state index contributed by atoms with van der Waals surface area (Å²) in [6, 6.07) is 9.97. The van der Waals surface area contributed by atoms with E-state index in [1.807, 2.05) is 63.9 Å². The molecule has 0 spiro atoms. The summed E-state index contributed by atoms with van der Waals surface area (Å²) in [7, 11) is 5.89. The third kappa shape index (κ3) is 5.32. The summed E-state index contributed by atoms with van der Waals surface area (Å²) in [5.74, 6) is 0.302. The monoisotopic (exact) mass is 343 g/mol. The Hall–Kier alpha value is -2.34. The number of nitrogens with zero attached hydrogens (tertiary/aromatic N) is 3. The van der Waals surface area contributed by atoms with E-state index in [1.54, 1.807) is 4.68 Å². The zero-order valence-corrected chi connectivity index (χ0v) is 15.7. The second-order valence-electron chi connectivity index (χ2n) is 6.91. The van der Waals surface area contributed by atoms with Gasteiger partial charge in [-0.15, -0.1) is 0 Å². The predicted octanol–water partition coefficient (Wildman–Crippen LogP) is 2.72. The third-order valence-electron chi connectivity index (χ3n) is 4.30. The molecule has 1 heterocycles. The first kappa shape index (κ1) is 19.0. The highest BCUT2D eigenvalue weighted by Crippen LogP contribution is 2.21. The fourth-order valence-corrected chi connectivity index (χ4v) is 2.89. The van der Waals surface area contributed by atoms with Crippen molar-refractivity contribution in [2.45, 2.75) is 25.9 Å². The molecule has 0 aliphatic rings. The van der Waals surface area contributed by atoms with Crippen molar-refractivity contribution in [3.8, 4) is 0 Å². The number of carbonyl (C=O) groups is 1. The Labute approximate surface area is 150 Å². The van der Waals surface area contributed by atoms with Gasteiger partial charge in [0.15, 0.2) is 0 Å². The van der Waals surface area contributed by atoms with Crippen LogP contribution in [0.15, 0.2) is 42.7 Å². The van der Waals surface area contributed by atoms with Gasteiger partial charge in [-0.2, -0.15) is 5.10 Å². The maximum absolute atomic E-state index is 12.4. The molecular formula is C19H29N5O. The van der Waals surface area contributed by atoms with E-state index in [4.69, 9.17) is 0 Å². The molecule has 136 valence electrons. The summed E-state index contributed by atoms with van der Waals surface area (Å²) in [5.41, 5.74) is 2.19. The highest BCUT2D eigenvalue weighted by Gasteiger charge is 2.20. The second-order valence-corrected chi connectivity index (χ2v) is 6.91. The maximum Gasteiger partial charge on any atom is 0.315 e. The van der Waals surface area contributed by atoms with Gasteiger partial charge in [-0.3, -0.25) is 4.68 Å². The molecule has 6 heteroatoms. The van der Waals surface area contributed by atoms with Crippen molar-refractivity contribution in [2.24, 2.45) is 13.0 Å². The summed E-state index contributed by atoms with van der Waals surface area (Å²) in [5, 5.41) is 10.3. The van der Waals surface area contributed by atoms with E-state index in [0.717, 1.165) is 11.1 Å². The number of hydrogen-bond acceptors (Lipinski definition) is 3. The lowest BCUT2D eigenvalue weighted by molar-refractivity contribution is 0.225. The number of benzene rings is 1. The topological polar surface area (TPSA) is 62.2 Å². The van der Waals surface area contributed by atoms with Crippen molar-refractivity contribution in [1.82, 2.24) is 25.3 Å². The largest absolute Gasteiger partial charge is 0.336 e. The van der Waals surface area contributed by atoms with E-state index in [-0.39, 0.29) is 18.1 Å². The summed E-state index contributed by atoms with van der Waals surface area (Å²) >= 11 is 0. The van der Waals surface area contributed by atoms with Crippen LogP contribution in [0, 0.1) is 5.92 Å². The fourth-order valence-electron chi connectivity index (χ4n) is 2.89. The van der Waals surface area contributed by atoms with Crippen LogP contribution in [0.4, 0.5) is 4.79 Å². The second kappa shape index (κ2) is 8.67. The van der Waals surface area contributed by atoms with Gasteiger partial charge >= 0.3 is 6.03 Å². The number of amides is 2. The van der Waals surface area contributed by atoms with Crippen LogP contribution in [0.1, 0.15) is 37.1 Å². The van der Waals surface area contributed by atoms with Crippen LogP contribution >= 0.6 is 0 Å². The minimum absolute atomic E-state index is 0.0163. The molecule has 0 radical (unpaired) electrons. The van der Waals surface area contributed by atoms with E-state index in [1.165, 1.54) is 0 Å². The molecule has 0 aliphatic carbocycles. The van der Waals surface area contributed by atoms with E-state index < -0.39 is 0 Å². The summed E-state index contributed by atoms with van der Waals surface area (Å²) in [4.78, 5) is 14.5. The lowest BCUT2D eigenvalue weighted by Crippen LogP contribution is -2.43. The van der Waals surface area contributed by atoms with Crippen molar-refractivity contribution in [3.05, 3.63) is 53.9 Å². The summed E-state index contributed by atoms with van der Waals surface area (Å²) in [6.45, 7) is 4.73. The number of hydrogen-bond donors (Lipinski definition) is 2. The van der Waals surface area contributed by atoms with Crippen LogP contribution in [-0.4, -0.2) is 41.4 Å². The fraction of sp³-hybridized carbons (Fsp3) is 0.474. The minimum atomic E-state index is -0.154. The lowest BCUT2D eigenvalue weighted by Gasteiger charge is -2.26. The maximum atomic E-state index is 12.4. The Morgan fingerprint density at radius 3 is 2.40 bits per heavy atom. The van der Waals surface area contributed by atoms with Crippen LogP contribution in [0.5, 0.6) is 0 Å². The first-order chi connectivity index (χ1) is 11.9. The van der Waals surface area contributed by atoms with E-state index >= 15 is 0 Å². The molecule has 1 aromatic heterocycles. The van der Waals surface area contributed by atoms with Gasteiger partial charge in [-0.05, 0) is 25.6 Å². The first-order valence-corrected chi connectivity index (χ1v) is 8.62.